The number of rotatable bonds is 5. The number of hydrogen-bond donors (Lipinski definition) is 0. The number of hydrogen-bond acceptors (Lipinski definition) is 3. The second kappa shape index (κ2) is 7.19. The van der Waals surface area contributed by atoms with Crippen molar-refractivity contribution < 1.29 is 9.31 Å². The summed E-state index contributed by atoms with van der Waals surface area (Å²) in [7, 11) is -0.631. The molecule has 0 aliphatic carbocycles. The Hall–Kier alpha value is -3.19. The molecule has 0 aliphatic heterocycles. The Morgan fingerprint density at radius 1 is 0.696 bits per heavy atom. The Labute approximate surface area is 135 Å². The lowest BCUT2D eigenvalue weighted by Crippen LogP contribution is -2.42. The van der Waals surface area contributed by atoms with Crippen LogP contribution in [0.3, 0.4) is 0 Å². The first-order valence-corrected chi connectivity index (χ1v) is 7.28. The van der Waals surface area contributed by atoms with Crippen molar-refractivity contribution >= 4 is 12.6 Å². The average molecular weight is 299 g/mol. The highest BCUT2D eigenvalue weighted by atomic mass is 16.6. The molecule has 0 bridgehead atoms. The molecule has 110 valence electrons. The molecule has 3 aromatic rings. The fourth-order valence-corrected chi connectivity index (χ4v) is 2.16. The summed E-state index contributed by atoms with van der Waals surface area (Å²) in [5.74, 6) is 1.41. The summed E-state index contributed by atoms with van der Waals surface area (Å²) in [4.78, 5) is 0. The van der Waals surface area contributed by atoms with E-state index >= 15 is 0 Å². The van der Waals surface area contributed by atoms with Gasteiger partial charge in [0.2, 0.25) is 0 Å². The number of nitriles is 1. The monoisotopic (exact) mass is 299 g/mol. The molecule has 0 heterocycles. The maximum atomic E-state index is 9.09. The number of para-hydroxylation sites is 2. The van der Waals surface area contributed by atoms with Crippen LogP contribution in [-0.4, -0.2) is 7.12 Å². The van der Waals surface area contributed by atoms with Gasteiger partial charge in [0.25, 0.3) is 0 Å². The van der Waals surface area contributed by atoms with Crippen LogP contribution in [0.5, 0.6) is 11.5 Å². The molecule has 0 aliphatic rings. The van der Waals surface area contributed by atoms with E-state index in [9.17, 15) is 0 Å². The average Bonchev–Trinajstić information content (AvgIpc) is 2.63. The quantitative estimate of drug-likeness (QED) is 0.678. The van der Waals surface area contributed by atoms with Crippen LogP contribution in [0.25, 0.3) is 0 Å². The van der Waals surface area contributed by atoms with E-state index in [1.165, 1.54) is 0 Å². The van der Waals surface area contributed by atoms with Gasteiger partial charge in [0, 0.05) is 5.46 Å². The third-order valence-corrected chi connectivity index (χ3v) is 3.26. The van der Waals surface area contributed by atoms with Gasteiger partial charge in [-0.3, -0.25) is 0 Å². The number of benzene rings is 3. The largest absolute Gasteiger partial charge is 0.632 e. The highest BCUT2D eigenvalue weighted by molar-refractivity contribution is 6.62. The minimum Gasteiger partial charge on any atom is -0.522 e. The Morgan fingerprint density at radius 2 is 1.26 bits per heavy atom. The molecular formula is C19H14BNO2. The molecule has 4 heteroatoms. The van der Waals surface area contributed by atoms with Crippen molar-refractivity contribution in [3.63, 3.8) is 0 Å². The van der Waals surface area contributed by atoms with E-state index in [1.807, 2.05) is 72.8 Å². The van der Waals surface area contributed by atoms with Crippen molar-refractivity contribution in [3.8, 4) is 17.6 Å². The van der Waals surface area contributed by atoms with Crippen molar-refractivity contribution in [2.75, 3.05) is 0 Å². The molecule has 0 atom stereocenters. The summed E-state index contributed by atoms with van der Waals surface area (Å²) >= 11 is 0. The predicted octanol–water partition coefficient (Wildman–Crippen LogP) is 3.41. The molecule has 0 saturated heterocycles. The van der Waals surface area contributed by atoms with Gasteiger partial charge < -0.3 is 9.31 Å². The molecule has 3 rings (SSSR count). The molecule has 0 fully saturated rings. The van der Waals surface area contributed by atoms with Gasteiger partial charge in [0.05, 0.1) is 11.6 Å². The molecule has 3 aromatic carbocycles. The zero-order valence-electron chi connectivity index (χ0n) is 12.4. The lowest BCUT2D eigenvalue weighted by molar-refractivity contribution is 0.439. The van der Waals surface area contributed by atoms with E-state index in [0.717, 1.165) is 5.46 Å². The molecule has 0 aromatic heterocycles. The van der Waals surface area contributed by atoms with Crippen LogP contribution >= 0.6 is 0 Å². The summed E-state index contributed by atoms with van der Waals surface area (Å²) in [6, 6.07) is 28.3. The first-order valence-electron chi connectivity index (χ1n) is 7.28. The lowest BCUT2D eigenvalue weighted by atomic mass is 9.78. The van der Waals surface area contributed by atoms with Crippen molar-refractivity contribution in [1.29, 1.82) is 5.26 Å². The second-order valence-corrected chi connectivity index (χ2v) is 4.93. The van der Waals surface area contributed by atoms with Gasteiger partial charge in [0.15, 0.2) is 0 Å². The van der Waals surface area contributed by atoms with Gasteiger partial charge in [-0.1, -0.05) is 48.5 Å². The van der Waals surface area contributed by atoms with Gasteiger partial charge in [-0.15, -0.1) is 0 Å². The smallest absolute Gasteiger partial charge is 0.522 e. The van der Waals surface area contributed by atoms with E-state index in [4.69, 9.17) is 14.6 Å². The SMILES string of the molecule is N#Cc1cccc(B(Oc2ccccc2)Oc2ccccc2)c1. The van der Waals surface area contributed by atoms with E-state index in [2.05, 4.69) is 6.07 Å². The first kappa shape index (κ1) is 14.7. The van der Waals surface area contributed by atoms with Crippen LogP contribution in [0, 0.1) is 11.3 Å². The molecular weight excluding hydrogens is 285 g/mol. The highest BCUT2D eigenvalue weighted by Crippen LogP contribution is 2.14. The van der Waals surface area contributed by atoms with Crippen LogP contribution in [0.2, 0.25) is 0 Å². The fraction of sp³-hybridized carbons (Fsp3) is 0. The Morgan fingerprint density at radius 3 is 1.78 bits per heavy atom. The summed E-state index contributed by atoms with van der Waals surface area (Å²) in [6.45, 7) is 0. The highest BCUT2D eigenvalue weighted by Gasteiger charge is 2.26. The molecule has 23 heavy (non-hydrogen) atoms. The van der Waals surface area contributed by atoms with Crippen molar-refractivity contribution in [3.05, 3.63) is 90.5 Å². The van der Waals surface area contributed by atoms with Crippen LogP contribution in [0.1, 0.15) is 5.56 Å². The van der Waals surface area contributed by atoms with Crippen molar-refractivity contribution in [1.82, 2.24) is 0 Å². The minimum absolute atomic E-state index is 0.570. The summed E-state index contributed by atoms with van der Waals surface area (Å²) in [5.41, 5.74) is 1.36. The minimum atomic E-state index is -0.631. The standard InChI is InChI=1S/C19H14BNO2/c21-15-16-8-7-9-17(14-16)20(22-18-10-3-1-4-11-18)23-19-12-5-2-6-13-19/h1-14H. The van der Waals surface area contributed by atoms with Gasteiger partial charge >= 0.3 is 7.12 Å². The van der Waals surface area contributed by atoms with Gasteiger partial charge in [0.1, 0.15) is 11.5 Å². The summed E-state index contributed by atoms with van der Waals surface area (Å²) in [6.07, 6.45) is 0. The molecule has 0 spiro atoms. The van der Waals surface area contributed by atoms with E-state index in [-0.39, 0.29) is 0 Å². The van der Waals surface area contributed by atoms with Crippen molar-refractivity contribution in [2.24, 2.45) is 0 Å². The summed E-state index contributed by atoms with van der Waals surface area (Å²) in [5, 5.41) is 9.09. The van der Waals surface area contributed by atoms with Crippen molar-refractivity contribution in [2.45, 2.75) is 0 Å². The van der Waals surface area contributed by atoms with Gasteiger partial charge in [-0.05, 0) is 36.4 Å². The topological polar surface area (TPSA) is 42.2 Å². The molecule has 0 N–H and O–H groups in total. The molecule has 0 saturated carbocycles. The zero-order chi connectivity index (χ0) is 15.9. The predicted molar refractivity (Wildman–Crippen MR) is 90.7 cm³/mol. The summed E-state index contributed by atoms with van der Waals surface area (Å²) < 4.78 is 11.9. The molecule has 0 amide bonds. The fourth-order valence-electron chi connectivity index (χ4n) is 2.16. The van der Waals surface area contributed by atoms with Gasteiger partial charge in [-0.2, -0.15) is 5.26 Å². The van der Waals surface area contributed by atoms with E-state index in [1.54, 1.807) is 12.1 Å². The molecule has 0 radical (unpaired) electrons. The van der Waals surface area contributed by atoms with E-state index in [0.29, 0.717) is 17.1 Å². The maximum absolute atomic E-state index is 9.09. The van der Waals surface area contributed by atoms with Crippen LogP contribution in [-0.2, 0) is 0 Å². The molecule has 3 nitrogen and oxygen atoms in total. The Kier molecular flexibility index (Phi) is 4.61. The first-order chi connectivity index (χ1) is 11.3. The van der Waals surface area contributed by atoms with Crippen LogP contribution in [0.15, 0.2) is 84.9 Å². The van der Waals surface area contributed by atoms with Gasteiger partial charge in [-0.25, -0.2) is 0 Å². The Bertz CT molecular complexity index is 759. The van der Waals surface area contributed by atoms with Crippen LogP contribution < -0.4 is 14.8 Å². The third kappa shape index (κ3) is 3.93. The maximum Gasteiger partial charge on any atom is 0.632 e. The second-order valence-electron chi connectivity index (χ2n) is 4.93. The van der Waals surface area contributed by atoms with E-state index < -0.39 is 7.12 Å². The third-order valence-electron chi connectivity index (χ3n) is 3.26. The zero-order valence-corrected chi connectivity index (χ0v) is 12.4. The normalized spacial score (nSPS) is 9.70. The number of nitrogens with zero attached hydrogens (tertiary/aromatic N) is 1. The van der Waals surface area contributed by atoms with Crippen LogP contribution in [0.4, 0.5) is 0 Å². The lowest BCUT2D eigenvalue weighted by Gasteiger charge is -2.17. The molecule has 0 unspecified atom stereocenters. The Balaban J connectivity index is 1.90.